The van der Waals surface area contributed by atoms with Gasteiger partial charge in [0.25, 0.3) is 0 Å². The van der Waals surface area contributed by atoms with Crippen LogP contribution in [0.3, 0.4) is 0 Å². The fourth-order valence-corrected chi connectivity index (χ4v) is 2.35. The Morgan fingerprint density at radius 1 is 1.09 bits per heavy atom. The molecule has 1 N–H and O–H groups in total. The summed E-state index contributed by atoms with van der Waals surface area (Å²) < 4.78 is 0. The Morgan fingerprint density at radius 3 is 2.27 bits per heavy atom. The zero-order chi connectivity index (χ0) is 15.9. The molecule has 0 saturated heterocycles. The molecule has 4 heteroatoms. The molecule has 0 aliphatic carbocycles. The number of nitrogens with one attached hydrogen (secondary N) is 1. The van der Waals surface area contributed by atoms with Crippen molar-refractivity contribution < 1.29 is 4.79 Å². The molecule has 3 nitrogen and oxygen atoms in total. The van der Waals surface area contributed by atoms with E-state index in [0.717, 1.165) is 17.7 Å². The number of likely N-dealkylation sites (N-methyl/N-ethyl adjacent to an activating group) is 1. The molecule has 0 spiro atoms. The number of hydrogen-bond donors (Lipinski definition) is 1. The van der Waals surface area contributed by atoms with Crippen LogP contribution >= 0.6 is 11.6 Å². The summed E-state index contributed by atoms with van der Waals surface area (Å²) in [6.07, 6.45) is 0. The molecule has 0 bridgehead atoms. The predicted octanol–water partition coefficient (Wildman–Crippen LogP) is 3.50. The van der Waals surface area contributed by atoms with Gasteiger partial charge in [-0.25, -0.2) is 0 Å². The lowest BCUT2D eigenvalue weighted by Crippen LogP contribution is -2.37. The Balaban J connectivity index is 2.22. The summed E-state index contributed by atoms with van der Waals surface area (Å²) in [6.45, 7) is 3.25. The molecular formula is C18H21ClN2O. The van der Waals surface area contributed by atoms with Gasteiger partial charge >= 0.3 is 0 Å². The molecule has 0 aliphatic heterocycles. The smallest absolute Gasteiger partial charge is 0.234 e. The Bertz CT molecular complexity index is 598. The van der Waals surface area contributed by atoms with Gasteiger partial charge < -0.3 is 5.32 Å². The monoisotopic (exact) mass is 316 g/mol. The Morgan fingerprint density at radius 2 is 1.68 bits per heavy atom. The molecule has 0 heterocycles. The fraction of sp³-hybridized carbons (Fsp3) is 0.278. The number of rotatable bonds is 6. The number of amides is 1. The lowest BCUT2D eigenvalue weighted by molar-refractivity contribution is -0.122. The van der Waals surface area contributed by atoms with Crippen molar-refractivity contribution in [3.05, 3.63) is 70.7 Å². The van der Waals surface area contributed by atoms with E-state index in [0.29, 0.717) is 11.6 Å². The van der Waals surface area contributed by atoms with Crippen molar-refractivity contribution >= 4 is 17.5 Å². The van der Waals surface area contributed by atoms with Gasteiger partial charge in [-0.3, -0.25) is 9.69 Å². The van der Waals surface area contributed by atoms with Crippen molar-refractivity contribution in [3.8, 4) is 0 Å². The first-order valence-corrected chi connectivity index (χ1v) is 7.76. The molecule has 22 heavy (non-hydrogen) atoms. The minimum absolute atomic E-state index is 0.00755. The van der Waals surface area contributed by atoms with Gasteiger partial charge in [-0.1, -0.05) is 61.0 Å². The number of nitrogens with zero attached hydrogens (tertiary/aromatic N) is 1. The van der Waals surface area contributed by atoms with Gasteiger partial charge in [-0.2, -0.15) is 0 Å². The van der Waals surface area contributed by atoms with Crippen molar-refractivity contribution in [3.63, 3.8) is 0 Å². The van der Waals surface area contributed by atoms with Crippen LogP contribution in [0.1, 0.15) is 24.1 Å². The van der Waals surface area contributed by atoms with Gasteiger partial charge in [0, 0.05) is 5.02 Å². The number of hydrogen-bond acceptors (Lipinski definition) is 2. The molecule has 116 valence electrons. The van der Waals surface area contributed by atoms with Crippen molar-refractivity contribution in [1.82, 2.24) is 10.2 Å². The average Bonchev–Trinajstić information content (AvgIpc) is 2.54. The maximum Gasteiger partial charge on any atom is 0.234 e. The zero-order valence-electron chi connectivity index (χ0n) is 12.9. The number of halogens is 1. The van der Waals surface area contributed by atoms with Gasteiger partial charge in [0.15, 0.2) is 0 Å². The van der Waals surface area contributed by atoms with Crippen molar-refractivity contribution in [2.24, 2.45) is 0 Å². The number of carbonyl (C=O) groups excluding carboxylic acids is 1. The lowest BCUT2D eigenvalue weighted by Gasteiger charge is -2.22. The fourth-order valence-electron chi connectivity index (χ4n) is 2.22. The van der Waals surface area contributed by atoms with E-state index in [4.69, 9.17) is 11.6 Å². The first-order valence-electron chi connectivity index (χ1n) is 7.38. The topological polar surface area (TPSA) is 32.3 Å². The molecule has 0 aromatic heterocycles. The van der Waals surface area contributed by atoms with E-state index in [1.807, 2.05) is 73.5 Å². The van der Waals surface area contributed by atoms with Crippen LogP contribution in [0.25, 0.3) is 0 Å². The average molecular weight is 317 g/mol. The van der Waals surface area contributed by atoms with E-state index in [9.17, 15) is 4.79 Å². The molecule has 0 aliphatic rings. The third-order valence-corrected chi connectivity index (χ3v) is 3.85. The summed E-state index contributed by atoms with van der Waals surface area (Å²) in [5.41, 5.74) is 2.07. The van der Waals surface area contributed by atoms with Crippen LogP contribution in [0.2, 0.25) is 5.02 Å². The van der Waals surface area contributed by atoms with Gasteiger partial charge in [0.05, 0.1) is 12.6 Å². The summed E-state index contributed by atoms with van der Waals surface area (Å²) >= 11 is 5.96. The highest BCUT2D eigenvalue weighted by atomic mass is 35.5. The second-order valence-corrected chi connectivity index (χ2v) is 5.73. The molecule has 0 radical (unpaired) electrons. The minimum atomic E-state index is -0.170. The molecule has 0 fully saturated rings. The highest BCUT2D eigenvalue weighted by molar-refractivity contribution is 6.30. The maximum absolute atomic E-state index is 12.3. The number of carbonyl (C=O) groups is 1. The predicted molar refractivity (Wildman–Crippen MR) is 91.1 cm³/mol. The highest BCUT2D eigenvalue weighted by Crippen LogP contribution is 2.23. The van der Waals surface area contributed by atoms with Gasteiger partial charge in [-0.05, 0) is 36.9 Å². The van der Waals surface area contributed by atoms with Crippen LogP contribution < -0.4 is 5.32 Å². The summed E-state index contributed by atoms with van der Waals surface area (Å²) in [5.74, 6) is 0.00755. The van der Waals surface area contributed by atoms with E-state index < -0.39 is 0 Å². The molecule has 2 rings (SSSR count). The Labute approximate surface area is 136 Å². The molecule has 2 aromatic carbocycles. The normalized spacial score (nSPS) is 12.2. The quantitative estimate of drug-likeness (QED) is 0.884. The van der Waals surface area contributed by atoms with Gasteiger partial charge in [0.1, 0.15) is 0 Å². The van der Waals surface area contributed by atoms with Gasteiger partial charge in [-0.15, -0.1) is 0 Å². The summed E-state index contributed by atoms with van der Waals surface area (Å²) in [5, 5.41) is 3.80. The molecule has 1 amide bonds. The van der Waals surface area contributed by atoms with Crippen LogP contribution in [-0.2, 0) is 4.79 Å². The first-order chi connectivity index (χ1) is 10.6. The summed E-state index contributed by atoms with van der Waals surface area (Å²) in [4.78, 5) is 14.2. The summed E-state index contributed by atoms with van der Waals surface area (Å²) in [6, 6.07) is 17.4. The molecule has 0 saturated carbocycles. The molecule has 1 unspecified atom stereocenters. The van der Waals surface area contributed by atoms with E-state index in [2.05, 4.69) is 5.32 Å². The SMILES string of the molecule is CCN(C)CC(=O)NC(c1ccccc1)c1ccc(Cl)cc1. The van der Waals surface area contributed by atoms with Crippen molar-refractivity contribution in [1.29, 1.82) is 0 Å². The zero-order valence-corrected chi connectivity index (χ0v) is 13.7. The van der Waals surface area contributed by atoms with Crippen LogP contribution in [0, 0.1) is 0 Å². The van der Waals surface area contributed by atoms with Crippen molar-refractivity contribution in [2.45, 2.75) is 13.0 Å². The van der Waals surface area contributed by atoms with Crippen LogP contribution in [-0.4, -0.2) is 30.9 Å². The largest absolute Gasteiger partial charge is 0.344 e. The number of benzene rings is 2. The molecular weight excluding hydrogens is 296 g/mol. The molecule has 1 atom stereocenters. The van der Waals surface area contributed by atoms with E-state index in [1.165, 1.54) is 0 Å². The first kappa shape index (κ1) is 16.5. The standard InChI is InChI=1S/C18H21ClN2O/c1-3-21(2)13-17(22)20-18(14-7-5-4-6-8-14)15-9-11-16(19)12-10-15/h4-12,18H,3,13H2,1-2H3,(H,20,22). The second kappa shape index (κ2) is 7.97. The lowest BCUT2D eigenvalue weighted by atomic mass is 9.98. The Hall–Kier alpha value is -1.84. The van der Waals surface area contributed by atoms with E-state index >= 15 is 0 Å². The third-order valence-electron chi connectivity index (χ3n) is 3.59. The second-order valence-electron chi connectivity index (χ2n) is 5.29. The van der Waals surface area contributed by atoms with Crippen molar-refractivity contribution in [2.75, 3.05) is 20.1 Å². The highest BCUT2D eigenvalue weighted by Gasteiger charge is 2.17. The van der Waals surface area contributed by atoms with E-state index in [-0.39, 0.29) is 11.9 Å². The Kier molecular flexibility index (Phi) is 5.99. The van der Waals surface area contributed by atoms with E-state index in [1.54, 1.807) is 0 Å². The summed E-state index contributed by atoms with van der Waals surface area (Å²) in [7, 11) is 1.93. The third kappa shape index (κ3) is 4.58. The van der Waals surface area contributed by atoms with Crippen LogP contribution in [0.15, 0.2) is 54.6 Å². The van der Waals surface area contributed by atoms with Gasteiger partial charge in [0.2, 0.25) is 5.91 Å². The maximum atomic E-state index is 12.3. The van der Waals surface area contributed by atoms with Crippen LogP contribution in [0.4, 0.5) is 0 Å². The minimum Gasteiger partial charge on any atom is -0.344 e. The van der Waals surface area contributed by atoms with Crippen LogP contribution in [0.5, 0.6) is 0 Å². The molecule has 2 aromatic rings.